The molecule has 226 valence electrons. The highest BCUT2D eigenvalue weighted by molar-refractivity contribution is 7.89. The minimum Gasteiger partial charge on any atom is -0.382 e. The zero-order chi connectivity index (χ0) is 30.0. The lowest BCUT2D eigenvalue weighted by Crippen LogP contribution is -2.49. The van der Waals surface area contributed by atoms with Gasteiger partial charge in [-0.2, -0.15) is 13.2 Å². The fourth-order valence-electron chi connectivity index (χ4n) is 5.30. The van der Waals surface area contributed by atoms with Crippen LogP contribution in [0.15, 0.2) is 42.5 Å². The predicted molar refractivity (Wildman–Crippen MR) is 154 cm³/mol. The number of alkyl halides is 3. The zero-order valence-corrected chi connectivity index (χ0v) is 24.5. The third kappa shape index (κ3) is 7.89. The van der Waals surface area contributed by atoms with Crippen LogP contribution in [0.1, 0.15) is 44.7 Å². The van der Waals surface area contributed by atoms with Crippen LogP contribution in [0.4, 0.5) is 30.2 Å². The second-order valence-electron chi connectivity index (χ2n) is 11.7. The van der Waals surface area contributed by atoms with Gasteiger partial charge in [0.25, 0.3) is 5.69 Å². The summed E-state index contributed by atoms with van der Waals surface area (Å²) < 4.78 is 67.4. The maximum absolute atomic E-state index is 13.3. The number of sulfonamides is 1. The summed E-state index contributed by atoms with van der Waals surface area (Å²) in [5.41, 5.74) is 0.361. The van der Waals surface area contributed by atoms with E-state index in [9.17, 15) is 31.7 Å². The van der Waals surface area contributed by atoms with Crippen molar-refractivity contribution in [3.8, 4) is 0 Å². The summed E-state index contributed by atoms with van der Waals surface area (Å²) in [5, 5.41) is 14.0. The van der Waals surface area contributed by atoms with Crippen LogP contribution in [-0.2, 0) is 21.6 Å². The summed E-state index contributed by atoms with van der Waals surface area (Å²) in [5.74, 6) is 0.0165. The topological polar surface area (TPSA) is 99.0 Å². The van der Waals surface area contributed by atoms with Crippen LogP contribution in [0.25, 0.3) is 0 Å². The van der Waals surface area contributed by atoms with Gasteiger partial charge in [0.1, 0.15) is 5.56 Å². The summed E-state index contributed by atoms with van der Waals surface area (Å²) in [7, 11) is -3.48. The summed E-state index contributed by atoms with van der Waals surface area (Å²) in [6.07, 6.45) is -4.02. The molecule has 2 aromatic carbocycles. The molecular weight excluding hydrogens is 559 g/mol. The van der Waals surface area contributed by atoms with Gasteiger partial charge in [0.2, 0.25) is 10.0 Å². The van der Waals surface area contributed by atoms with Crippen molar-refractivity contribution in [2.75, 3.05) is 61.8 Å². The zero-order valence-electron chi connectivity index (χ0n) is 23.7. The van der Waals surface area contributed by atoms with Crippen LogP contribution in [0.2, 0.25) is 0 Å². The molecule has 41 heavy (non-hydrogen) atoms. The van der Waals surface area contributed by atoms with E-state index in [1.165, 1.54) is 21.6 Å². The fraction of sp³-hybridized carbons (Fsp3) is 0.571. The number of benzene rings is 2. The van der Waals surface area contributed by atoms with E-state index in [1.54, 1.807) is 0 Å². The van der Waals surface area contributed by atoms with Gasteiger partial charge in [-0.3, -0.25) is 15.0 Å². The molecule has 0 unspecified atom stereocenters. The summed E-state index contributed by atoms with van der Waals surface area (Å²) in [4.78, 5) is 14.4. The first-order chi connectivity index (χ1) is 19.1. The Kier molecular flexibility index (Phi) is 9.19. The fourth-order valence-corrected chi connectivity index (χ4v) is 6.82. The third-order valence-corrected chi connectivity index (χ3v) is 9.70. The number of rotatable bonds is 8. The van der Waals surface area contributed by atoms with E-state index in [0.717, 1.165) is 38.3 Å². The van der Waals surface area contributed by atoms with Crippen molar-refractivity contribution >= 4 is 27.1 Å². The smallest absolute Gasteiger partial charge is 0.382 e. The largest absolute Gasteiger partial charge is 0.423 e. The minimum absolute atomic E-state index is 0.0165. The van der Waals surface area contributed by atoms with Gasteiger partial charge in [-0.15, -0.1) is 0 Å². The number of nitro groups is 1. The molecule has 0 radical (unpaired) electrons. The molecule has 2 aliphatic rings. The lowest BCUT2D eigenvalue weighted by molar-refractivity contribution is -0.388. The quantitative estimate of drug-likeness (QED) is 0.340. The highest BCUT2D eigenvalue weighted by Crippen LogP contribution is 2.38. The van der Waals surface area contributed by atoms with Crippen LogP contribution in [-0.4, -0.2) is 80.2 Å². The molecule has 0 aromatic heterocycles. The number of nitrogens with zero attached hydrogens (tertiary/aromatic N) is 4. The average molecular weight is 598 g/mol. The first kappa shape index (κ1) is 31.0. The van der Waals surface area contributed by atoms with Crippen molar-refractivity contribution in [1.82, 2.24) is 9.21 Å². The predicted octanol–water partition coefficient (Wildman–Crippen LogP) is 4.94. The normalized spacial score (nSPS) is 18.4. The molecule has 2 fully saturated rings. The minimum atomic E-state index is -4.86. The standard InChI is InChI=1S/C28H38F3N5O4S/c1-27(2,3)21-4-7-24(8-5-21)34-16-14-33(15-17-34)18-19-41(39,40)35-12-10-22(11-13-35)32-23-6-9-26(36(37)38)25(20-23)28(29,30)31/h4-9,20,22,32H,10-19H2,1-3H3. The van der Waals surface area contributed by atoms with E-state index < -0.39 is 32.4 Å². The van der Waals surface area contributed by atoms with Gasteiger partial charge in [0.05, 0.1) is 10.7 Å². The molecular formula is C28H38F3N5O4S. The number of hydrogen-bond acceptors (Lipinski definition) is 7. The maximum atomic E-state index is 13.3. The molecule has 0 bridgehead atoms. The van der Waals surface area contributed by atoms with Crippen molar-refractivity contribution in [3.63, 3.8) is 0 Å². The molecule has 2 aliphatic heterocycles. The number of anilines is 2. The molecule has 0 amide bonds. The number of piperazine rings is 1. The van der Waals surface area contributed by atoms with Crippen LogP contribution in [0.3, 0.4) is 0 Å². The summed E-state index contributed by atoms with van der Waals surface area (Å²) in [6.45, 7) is 10.7. The lowest BCUT2D eigenvalue weighted by atomic mass is 9.87. The van der Waals surface area contributed by atoms with E-state index in [4.69, 9.17) is 0 Å². The first-order valence-corrected chi connectivity index (χ1v) is 15.4. The molecule has 0 saturated carbocycles. The summed E-state index contributed by atoms with van der Waals surface area (Å²) in [6, 6.07) is 11.2. The molecule has 13 heteroatoms. The second kappa shape index (κ2) is 12.1. The molecule has 1 N–H and O–H groups in total. The second-order valence-corrected chi connectivity index (χ2v) is 13.8. The molecule has 4 rings (SSSR count). The van der Waals surface area contributed by atoms with Gasteiger partial charge in [0, 0.05) is 69.3 Å². The average Bonchev–Trinajstić information content (AvgIpc) is 2.91. The Hall–Kier alpha value is -2.90. The van der Waals surface area contributed by atoms with Gasteiger partial charge in [0.15, 0.2) is 0 Å². The number of halogens is 3. The number of hydrogen-bond donors (Lipinski definition) is 1. The van der Waals surface area contributed by atoms with Crippen LogP contribution in [0, 0.1) is 10.1 Å². The summed E-state index contributed by atoms with van der Waals surface area (Å²) >= 11 is 0. The Morgan fingerprint density at radius 2 is 1.56 bits per heavy atom. The van der Waals surface area contributed by atoms with E-state index in [2.05, 4.69) is 60.2 Å². The molecule has 2 heterocycles. The molecule has 0 spiro atoms. The molecule has 2 saturated heterocycles. The van der Waals surface area contributed by atoms with E-state index in [0.29, 0.717) is 19.4 Å². The van der Waals surface area contributed by atoms with E-state index >= 15 is 0 Å². The molecule has 0 atom stereocenters. The SMILES string of the molecule is CC(C)(C)c1ccc(N2CCN(CCS(=O)(=O)N3CCC(Nc4ccc([N+](=O)[O-])c(C(F)(F)F)c4)CC3)CC2)cc1. The van der Waals surface area contributed by atoms with Crippen LogP contribution < -0.4 is 10.2 Å². The Bertz CT molecular complexity index is 1310. The van der Waals surface area contributed by atoms with Crippen molar-refractivity contribution < 1.29 is 26.5 Å². The third-order valence-electron chi connectivity index (χ3n) is 7.85. The van der Waals surface area contributed by atoms with E-state index in [-0.39, 0.29) is 36.0 Å². The molecule has 2 aromatic rings. The van der Waals surface area contributed by atoms with Gasteiger partial charge < -0.3 is 10.2 Å². The molecule has 0 aliphatic carbocycles. The van der Waals surface area contributed by atoms with E-state index in [1.807, 2.05) is 0 Å². The lowest BCUT2D eigenvalue weighted by Gasteiger charge is -2.37. The Balaban J connectivity index is 1.23. The first-order valence-electron chi connectivity index (χ1n) is 13.8. The van der Waals surface area contributed by atoms with Crippen molar-refractivity contribution in [2.24, 2.45) is 0 Å². The highest BCUT2D eigenvalue weighted by Gasteiger charge is 2.38. The monoisotopic (exact) mass is 597 g/mol. The van der Waals surface area contributed by atoms with Crippen LogP contribution in [0.5, 0.6) is 0 Å². The Morgan fingerprint density at radius 3 is 2.10 bits per heavy atom. The van der Waals surface area contributed by atoms with Crippen molar-refractivity contribution in [1.29, 1.82) is 0 Å². The van der Waals surface area contributed by atoms with Gasteiger partial charge in [-0.05, 0) is 48.1 Å². The number of nitro benzene ring substituents is 1. The number of piperidine rings is 1. The molecule has 9 nitrogen and oxygen atoms in total. The highest BCUT2D eigenvalue weighted by atomic mass is 32.2. The maximum Gasteiger partial charge on any atom is 0.423 e. The Morgan fingerprint density at radius 1 is 0.951 bits per heavy atom. The number of nitrogens with one attached hydrogen (secondary N) is 1. The Labute approximate surface area is 239 Å². The van der Waals surface area contributed by atoms with Gasteiger partial charge in [-0.25, -0.2) is 12.7 Å². The van der Waals surface area contributed by atoms with Crippen LogP contribution >= 0.6 is 0 Å². The van der Waals surface area contributed by atoms with Gasteiger partial charge in [-0.1, -0.05) is 32.9 Å². The van der Waals surface area contributed by atoms with Crippen molar-refractivity contribution in [3.05, 3.63) is 63.7 Å². The van der Waals surface area contributed by atoms with Gasteiger partial charge >= 0.3 is 6.18 Å². The van der Waals surface area contributed by atoms with Crippen molar-refractivity contribution in [2.45, 2.75) is 51.2 Å².